The van der Waals surface area contributed by atoms with E-state index in [0.29, 0.717) is 30.2 Å². The van der Waals surface area contributed by atoms with Crippen LogP contribution >= 0.6 is 0 Å². The molecule has 2 heterocycles. The molecule has 0 bridgehead atoms. The molecule has 0 radical (unpaired) electrons. The number of rotatable bonds is 1. The van der Waals surface area contributed by atoms with Crippen molar-refractivity contribution in [2.45, 2.75) is 13.8 Å². The molecule has 5 nitrogen and oxygen atoms in total. The molecule has 1 aliphatic rings. The minimum Gasteiger partial charge on any atom is -0.466 e. The molecule has 0 atom stereocenters. The number of nitrogens with zero attached hydrogens (tertiary/aromatic N) is 1. The van der Waals surface area contributed by atoms with Crippen molar-refractivity contribution in [3.8, 4) is 0 Å². The number of furan rings is 1. The molecule has 2 amide bonds. The van der Waals surface area contributed by atoms with Gasteiger partial charge in [0.2, 0.25) is 5.91 Å². The smallest absolute Gasteiger partial charge is 0.257 e. The number of hydrogen-bond donors (Lipinski definition) is 1. The van der Waals surface area contributed by atoms with Crippen LogP contribution < -0.4 is 5.32 Å². The molecule has 1 aromatic rings. The molecular weight excluding hydrogens is 208 g/mol. The van der Waals surface area contributed by atoms with Crippen LogP contribution in [-0.4, -0.2) is 36.3 Å². The molecule has 0 unspecified atom stereocenters. The molecule has 2 rings (SSSR count). The summed E-state index contributed by atoms with van der Waals surface area (Å²) in [6, 6.07) is 1.71. The Kier molecular flexibility index (Phi) is 2.68. The Morgan fingerprint density at radius 3 is 2.81 bits per heavy atom. The standard InChI is InChI=1S/C11H14N2O3/c1-7-5-9(8(2)16-7)11(15)13-4-3-12-10(14)6-13/h5H,3-4,6H2,1-2H3,(H,12,14). The zero-order chi connectivity index (χ0) is 11.7. The second kappa shape index (κ2) is 4.00. The molecular formula is C11H14N2O3. The maximum Gasteiger partial charge on any atom is 0.257 e. The summed E-state index contributed by atoms with van der Waals surface area (Å²) in [7, 11) is 0. The van der Waals surface area contributed by atoms with Crippen LogP contribution in [0.2, 0.25) is 0 Å². The molecule has 0 saturated carbocycles. The summed E-state index contributed by atoms with van der Waals surface area (Å²) in [5.74, 6) is 1.07. The van der Waals surface area contributed by atoms with E-state index in [1.165, 1.54) is 4.90 Å². The largest absolute Gasteiger partial charge is 0.466 e. The topological polar surface area (TPSA) is 62.6 Å². The Balaban J connectivity index is 2.18. The van der Waals surface area contributed by atoms with Gasteiger partial charge in [0.25, 0.3) is 5.91 Å². The number of piperazine rings is 1. The number of carbonyl (C=O) groups excluding carboxylic acids is 2. The highest BCUT2D eigenvalue weighted by Gasteiger charge is 2.24. The van der Waals surface area contributed by atoms with Crippen LogP contribution in [0, 0.1) is 13.8 Å². The number of amides is 2. The van der Waals surface area contributed by atoms with Gasteiger partial charge in [-0.2, -0.15) is 0 Å². The second-order valence-electron chi connectivity index (χ2n) is 3.90. The van der Waals surface area contributed by atoms with E-state index in [1.807, 2.05) is 0 Å². The van der Waals surface area contributed by atoms with Crippen LogP contribution in [0.15, 0.2) is 10.5 Å². The molecule has 1 saturated heterocycles. The van der Waals surface area contributed by atoms with Gasteiger partial charge in [-0.1, -0.05) is 0 Å². The van der Waals surface area contributed by atoms with E-state index in [4.69, 9.17) is 4.42 Å². The van der Waals surface area contributed by atoms with Gasteiger partial charge in [-0.25, -0.2) is 0 Å². The maximum atomic E-state index is 12.1. The zero-order valence-corrected chi connectivity index (χ0v) is 9.37. The third kappa shape index (κ3) is 1.93. The molecule has 16 heavy (non-hydrogen) atoms. The predicted molar refractivity (Wildman–Crippen MR) is 57.1 cm³/mol. The van der Waals surface area contributed by atoms with E-state index >= 15 is 0 Å². The van der Waals surface area contributed by atoms with Crippen molar-refractivity contribution in [3.05, 3.63) is 23.2 Å². The lowest BCUT2D eigenvalue weighted by atomic mass is 10.2. The second-order valence-corrected chi connectivity index (χ2v) is 3.90. The summed E-state index contributed by atoms with van der Waals surface area (Å²) in [6.45, 7) is 4.74. The summed E-state index contributed by atoms with van der Waals surface area (Å²) in [4.78, 5) is 24.8. The molecule has 1 fully saturated rings. The number of nitrogens with one attached hydrogen (secondary N) is 1. The van der Waals surface area contributed by atoms with Crippen molar-refractivity contribution in [2.24, 2.45) is 0 Å². The lowest BCUT2D eigenvalue weighted by Gasteiger charge is -2.26. The lowest BCUT2D eigenvalue weighted by Crippen LogP contribution is -2.50. The first kappa shape index (κ1) is 10.7. The van der Waals surface area contributed by atoms with Gasteiger partial charge < -0.3 is 14.6 Å². The Morgan fingerprint density at radius 2 is 2.25 bits per heavy atom. The third-order valence-electron chi connectivity index (χ3n) is 2.60. The van der Waals surface area contributed by atoms with Gasteiger partial charge in [-0.05, 0) is 19.9 Å². The SMILES string of the molecule is Cc1cc(C(=O)N2CCNC(=O)C2)c(C)o1. The highest BCUT2D eigenvalue weighted by molar-refractivity contribution is 5.97. The Labute approximate surface area is 93.4 Å². The van der Waals surface area contributed by atoms with E-state index in [1.54, 1.807) is 19.9 Å². The Hall–Kier alpha value is -1.78. The number of aryl methyl sites for hydroxylation is 2. The van der Waals surface area contributed by atoms with Crippen LogP contribution in [0.4, 0.5) is 0 Å². The highest BCUT2D eigenvalue weighted by atomic mass is 16.3. The first-order chi connectivity index (χ1) is 7.58. The van der Waals surface area contributed by atoms with Crippen LogP contribution in [0.1, 0.15) is 21.9 Å². The fourth-order valence-corrected chi connectivity index (χ4v) is 1.83. The van der Waals surface area contributed by atoms with E-state index < -0.39 is 0 Å². The van der Waals surface area contributed by atoms with Crippen molar-refractivity contribution in [1.29, 1.82) is 0 Å². The molecule has 0 aliphatic carbocycles. The van der Waals surface area contributed by atoms with Crippen molar-refractivity contribution in [2.75, 3.05) is 19.6 Å². The molecule has 1 aliphatic heterocycles. The zero-order valence-electron chi connectivity index (χ0n) is 9.37. The van der Waals surface area contributed by atoms with Crippen LogP contribution in [0.25, 0.3) is 0 Å². The average molecular weight is 222 g/mol. The summed E-state index contributed by atoms with van der Waals surface area (Å²) in [6.07, 6.45) is 0. The van der Waals surface area contributed by atoms with Gasteiger partial charge in [-0.3, -0.25) is 9.59 Å². The molecule has 5 heteroatoms. The Bertz CT molecular complexity index is 436. The monoisotopic (exact) mass is 222 g/mol. The molecule has 1 aromatic heterocycles. The van der Waals surface area contributed by atoms with Gasteiger partial charge >= 0.3 is 0 Å². The fraction of sp³-hybridized carbons (Fsp3) is 0.455. The first-order valence-electron chi connectivity index (χ1n) is 5.21. The van der Waals surface area contributed by atoms with E-state index in [-0.39, 0.29) is 18.4 Å². The molecule has 86 valence electrons. The van der Waals surface area contributed by atoms with Gasteiger partial charge in [0.05, 0.1) is 12.1 Å². The summed E-state index contributed by atoms with van der Waals surface area (Å²) >= 11 is 0. The van der Waals surface area contributed by atoms with Crippen molar-refractivity contribution < 1.29 is 14.0 Å². The van der Waals surface area contributed by atoms with Gasteiger partial charge in [0, 0.05) is 13.1 Å². The van der Waals surface area contributed by atoms with E-state index in [0.717, 1.165) is 0 Å². The normalized spacial score (nSPS) is 16.1. The van der Waals surface area contributed by atoms with Gasteiger partial charge in [0.15, 0.2) is 0 Å². The quantitative estimate of drug-likeness (QED) is 0.751. The molecule has 1 N–H and O–H groups in total. The number of hydrogen-bond acceptors (Lipinski definition) is 3. The van der Waals surface area contributed by atoms with Gasteiger partial charge in [0.1, 0.15) is 11.5 Å². The van der Waals surface area contributed by atoms with Crippen LogP contribution in [0.5, 0.6) is 0 Å². The van der Waals surface area contributed by atoms with Crippen molar-refractivity contribution in [1.82, 2.24) is 10.2 Å². The van der Waals surface area contributed by atoms with Gasteiger partial charge in [-0.15, -0.1) is 0 Å². The van der Waals surface area contributed by atoms with Crippen molar-refractivity contribution in [3.63, 3.8) is 0 Å². The third-order valence-corrected chi connectivity index (χ3v) is 2.60. The minimum absolute atomic E-state index is 0.113. The molecule has 0 aromatic carbocycles. The lowest BCUT2D eigenvalue weighted by molar-refractivity contribution is -0.123. The van der Waals surface area contributed by atoms with E-state index in [2.05, 4.69) is 5.32 Å². The molecule has 0 spiro atoms. The average Bonchev–Trinajstić information content (AvgIpc) is 2.57. The number of carbonyl (C=O) groups is 2. The minimum atomic E-state index is -0.135. The summed E-state index contributed by atoms with van der Waals surface area (Å²) < 4.78 is 5.31. The van der Waals surface area contributed by atoms with Crippen LogP contribution in [-0.2, 0) is 4.79 Å². The van der Waals surface area contributed by atoms with Crippen LogP contribution in [0.3, 0.4) is 0 Å². The fourth-order valence-electron chi connectivity index (χ4n) is 1.83. The predicted octanol–water partition coefficient (Wildman–Crippen LogP) is 0.468. The van der Waals surface area contributed by atoms with Crippen molar-refractivity contribution >= 4 is 11.8 Å². The summed E-state index contributed by atoms with van der Waals surface area (Å²) in [5, 5.41) is 2.68. The first-order valence-corrected chi connectivity index (χ1v) is 5.21. The maximum absolute atomic E-state index is 12.1. The summed E-state index contributed by atoms with van der Waals surface area (Å²) in [5.41, 5.74) is 0.548. The highest BCUT2D eigenvalue weighted by Crippen LogP contribution is 2.16. The Morgan fingerprint density at radius 1 is 1.50 bits per heavy atom. The van der Waals surface area contributed by atoms with E-state index in [9.17, 15) is 9.59 Å².